The molecule has 4 heteroatoms. The molecule has 0 aromatic heterocycles. The van der Waals surface area contributed by atoms with Crippen molar-refractivity contribution in [1.29, 1.82) is 0 Å². The Morgan fingerprint density at radius 2 is 2.13 bits per heavy atom. The second kappa shape index (κ2) is 7.95. The number of rotatable bonds is 5. The lowest BCUT2D eigenvalue weighted by Gasteiger charge is -2.31. The molecule has 1 aliphatic rings. The van der Waals surface area contributed by atoms with Crippen molar-refractivity contribution in [3.05, 3.63) is 42.5 Å². The lowest BCUT2D eigenvalue weighted by Crippen LogP contribution is -2.40. The van der Waals surface area contributed by atoms with Gasteiger partial charge in [-0.3, -0.25) is 9.59 Å². The number of hydrogen-bond donors (Lipinski definition) is 1. The molecule has 0 spiro atoms. The van der Waals surface area contributed by atoms with Gasteiger partial charge in [-0.15, -0.1) is 0 Å². The number of anilines is 1. The average Bonchev–Trinajstić information content (AvgIpc) is 2.54. The number of hydrogen-bond acceptors (Lipinski definition) is 2. The fourth-order valence-electron chi connectivity index (χ4n) is 3.14. The standard InChI is InChI=1S/C19H26N2O2/c1-4-19(23)21-11-7-8-15(13-21)12-18(22)20-17-10-6-5-9-16(17)14(2)3/h4-6,9-10,14-15H,1,7-8,11-13H2,2-3H3,(H,20,22)/t15-/m1/s1. The van der Waals surface area contributed by atoms with Gasteiger partial charge in [0, 0.05) is 25.2 Å². The monoisotopic (exact) mass is 314 g/mol. The van der Waals surface area contributed by atoms with Crippen LogP contribution in [0.4, 0.5) is 5.69 Å². The van der Waals surface area contributed by atoms with Crippen LogP contribution < -0.4 is 5.32 Å². The van der Waals surface area contributed by atoms with Gasteiger partial charge in [-0.25, -0.2) is 0 Å². The van der Waals surface area contributed by atoms with Gasteiger partial charge in [-0.1, -0.05) is 38.6 Å². The summed E-state index contributed by atoms with van der Waals surface area (Å²) in [7, 11) is 0. The number of carbonyl (C=O) groups is 2. The maximum Gasteiger partial charge on any atom is 0.245 e. The fourth-order valence-corrected chi connectivity index (χ4v) is 3.14. The van der Waals surface area contributed by atoms with Crippen molar-refractivity contribution >= 4 is 17.5 Å². The van der Waals surface area contributed by atoms with E-state index < -0.39 is 0 Å². The van der Waals surface area contributed by atoms with E-state index in [1.165, 1.54) is 6.08 Å². The molecule has 2 amide bonds. The first-order chi connectivity index (χ1) is 11.0. The largest absolute Gasteiger partial charge is 0.339 e. The van der Waals surface area contributed by atoms with Crippen molar-refractivity contribution in [3.63, 3.8) is 0 Å². The van der Waals surface area contributed by atoms with Crippen LogP contribution in [0.25, 0.3) is 0 Å². The van der Waals surface area contributed by atoms with Gasteiger partial charge in [0.2, 0.25) is 11.8 Å². The van der Waals surface area contributed by atoms with Crippen LogP contribution in [-0.4, -0.2) is 29.8 Å². The number of amides is 2. The molecule has 0 unspecified atom stereocenters. The summed E-state index contributed by atoms with van der Waals surface area (Å²) in [5.41, 5.74) is 2.04. The molecule has 0 aliphatic carbocycles. The molecule has 1 aliphatic heterocycles. The lowest BCUT2D eigenvalue weighted by molar-refractivity contribution is -0.128. The van der Waals surface area contributed by atoms with Crippen molar-refractivity contribution in [2.45, 2.75) is 39.0 Å². The molecule has 1 saturated heterocycles. The van der Waals surface area contributed by atoms with Gasteiger partial charge in [0.05, 0.1) is 0 Å². The Kier molecular flexibility index (Phi) is 5.97. The summed E-state index contributed by atoms with van der Waals surface area (Å²) in [6, 6.07) is 7.92. The minimum atomic E-state index is -0.0414. The molecule has 1 fully saturated rings. The smallest absolute Gasteiger partial charge is 0.245 e. The molecule has 0 saturated carbocycles. The Hall–Kier alpha value is -2.10. The molecule has 1 aromatic carbocycles. The molecule has 4 nitrogen and oxygen atoms in total. The van der Waals surface area contributed by atoms with Gasteiger partial charge >= 0.3 is 0 Å². The van der Waals surface area contributed by atoms with Gasteiger partial charge in [0.15, 0.2) is 0 Å². The third-order valence-corrected chi connectivity index (χ3v) is 4.34. The fraction of sp³-hybridized carbons (Fsp3) is 0.474. The van der Waals surface area contributed by atoms with Crippen molar-refractivity contribution in [1.82, 2.24) is 4.90 Å². The molecule has 1 atom stereocenters. The Morgan fingerprint density at radius 1 is 1.39 bits per heavy atom. The third-order valence-electron chi connectivity index (χ3n) is 4.34. The average molecular weight is 314 g/mol. The molecule has 2 rings (SSSR count). The second-order valence-corrected chi connectivity index (χ2v) is 6.49. The summed E-state index contributed by atoms with van der Waals surface area (Å²) in [5, 5.41) is 3.03. The summed E-state index contributed by atoms with van der Waals surface area (Å²) < 4.78 is 0. The number of piperidine rings is 1. The highest BCUT2D eigenvalue weighted by molar-refractivity contribution is 5.92. The SMILES string of the molecule is C=CC(=O)N1CCC[C@H](CC(=O)Nc2ccccc2C(C)C)C1. The van der Waals surface area contributed by atoms with E-state index >= 15 is 0 Å². The van der Waals surface area contributed by atoms with Gasteiger partial charge in [0.1, 0.15) is 0 Å². The Bertz CT molecular complexity index is 580. The summed E-state index contributed by atoms with van der Waals surface area (Å²) in [5.74, 6) is 0.567. The highest BCUT2D eigenvalue weighted by Crippen LogP contribution is 2.25. The number of para-hydroxylation sites is 1. The Morgan fingerprint density at radius 3 is 2.83 bits per heavy atom. The Labute approximate surface area is 138 Å². The van der Waals surface area contributed by atoms with Gasteiger partial charge in [-0.05, 0) is 42.4 Å². The molecular formula is C19H26N2O2. The van der Waals surface area contributed by atoms with E-state index in [1.54, 1.807) is 4.90 Å². The minimum absolute atomic E-state index is 0.0241. The summed E-state index contributed by atoms with van der Waals surface area (Å²) in [6.07, 6.45) is 3.73. The molecule has 124 valence electrons. The number of likely N-dealkylation sites (tertiary alicyclic amines) is 1. The van der Waals surface area contributed by atoms with Crippen LogP contribution in [-0.2, 0) is 9.59 Å². The zero-order chi connectivity index (χ0) is 16.8. The minimum Gasteiger partial charge on any atom is -0.339 e. The third kappa shape index (κ3) is 4.68. The van der Waals surface area contributed by atoms with Crippen LogP contribution in [0.1, 0.15) is 44.6 Å². The van der Waals surface area contributed by atoms with E-state index in [0.717, 1.165) is 30.6 Å². The molecule has 1 aromatic rings. The van der Waals surface area contributed by atoms with E-state index in [0.29, 0.717) is 18.9 Å². The van der Waals surface area contributed by atoms with Crippen LogP contribution in [0.2, 0.25) is 0 Å². The number of benzene rings is 1. The first kappa shape index (κ1) is 17.3. The van der Waals surface area contributed by atoms with Crippen LogP contribution >= 0.6 is 0 Å². The predicted octanol–water partition coefficient (Wildman–Crippen LogP) is 3.56. The highest BCUT2D eigenvalue weighted by atomic mass is 16.2. The quantitative estimate of drug-likeness (QED) is 0.845. The molecule has 1 N–H and O–H groups in total. The zero-order valence-corrected chi connectivity index (χ0v) is 14.0. The van der Waals surface area contributed by atoms with Crippen LogP contribution in [0.5, 0.6) is 0 Å². The lowest BCUT2D eigenvalue weighted by atomic mass is 9.94. The Balaban J connectivity index is 1.95. The number of nitrogens with zero attached hydrogens (tertiary/aromatic N) is 1. The topological polar surface area (TPSA) is 49.4 Å². The van der Waals surface area contributed by atoms with Crippen molar-refractivity contribution < 1.29 is 9.59 Å². The van der Waals surface area contributed by atoms with E-state index in [2.05, 4.69) is 25.7 Å². The number of nitrogens with one attached hydrogen (secondary N) is 1. The summed E-state index contributed by atoms with van der Waals surface area (Å²) >= 11 is 0. The van der Waals surface area contributed by atoms with E-state index in [4.69, 9.17) is 0 Å². The van der Waals surface area contributed by atoms with Crippen LogP contribution in [0, 0.1) is 5.92 Å². The van der Waals surface area contributed by atoms with Gasteiger partial charge in [0.25, 0.3) is 0 Å². The number of carbonyl (C=O) groups excluding carboxylic acids is 2. The van der Waals surface area contributed by atoms with Crippen LogP contribution in [0.3, 0.4) is 0 Å². The highest BCUT2D eigenvalue weighted by Gasteiger charge is 2.24. The molecule has 23 heavy (non-hydrogen) atoms. The van der Waals surface area contributed by atoms with E-state index in [9.17, 15) is 9.59 Å². The maximum atomic E-state index is 12.4. The van der Waals surface area contributed by atoms with E-state index in [-0.39, 0.29) is 17.7 Å². The predicted molar refractivity (Wildman–Crippen MR) is 93.3 cm³/mol. The molecule has 1 heterocycles. The first-order valence-corrected chi connectivity index (χ1v) is 8.31. The summed E-state index contributed by atoms with van der Waals surface area (Å²) in [4.78, 5) is 25.9. The normalized spacial score (nSPS) is 17.9. The molecular weight excluding hydrogens is 288 g/mol. The van der Waals surface area contributed by atoms with Crippen molar-refractivity contribution in [2.24, 2.45) is 5.92 Å². The summed E-state index contributed by atoms with van der Waals surface area (Å²) in [6.45, 7) is 9.17. The second-order valence-electron chi connectivity index (χ2n) is 6.49. The molecule has 0 bridgehead atoms. The van der Waals surface area contributed by atoms with Crippen molar-refractivity contribution in [3.8, 4) is 0 Å². The maximum absolute atomic E-state index is 12.4. The van der Waals surface area contributed by atoms with Crippen LogP contribution in [0.15, 0.2) is 36.9 Å². The van der Waals surface area contributed by atoms with Gasteiger partial charge < -0.3 is 10.2 Å². The van der Waals surface area contributed by atoms with E-state index in [1.807, 2.05) is 24.3 Å². The van der Waals surface area contributed by atoms with Crippen molar-refractivity contribution in [2.75, 3.05) is 18.4 Å². The zero-order valence-electron chi connectivity index (χ0n) is 14.0. The molecule has 0 radical (unpaired) electrons. The first-order valence-electron chi connectivity index (χ1n) is 8.31. The van der Waals surface area contributed by atoms with Gasteiger partial charge in [-0.2, -0.15) is 0 Å².